The molecule has 0 aliphatic heterocycles. The molecular weight excluding hydrogens is 283 g/mol. The number of nitrogens with zero attached hydrogens (tertiary/aromatic N) is 4. The lowest BCUT2D eigenvalue weighted by molar-refractivity contribution is 0.628. The van der Waals surface area contributed by atoms with Gasteiger partial charge in [0.15, 0.2) is 17.0 Å². The van der Waals surface area contributed by atoms with Crippen LogP contribution in [-0.4, -0.2) is 26.5 Å². The number of hydrogen-bond donors (Lipinski definition) is 2. The van der Waals surface area contributed by atoms with E-state index in [9.17, 15) is 4.39 Å². The topological polar surface area (TPSA) is 75.6 Å². The highest BCUT2D eigenvalue weighted by atomic mass is 19.1. The van der Waals surface area contributed by atoms with E-state index < -0.39 is 0 Å². The summed E-state index contributed by atoms with van der Waals surface area (Å²) in [6.45, 7) is 4.17. The van der Waals surface area contributed by atoms with E-state index in [2.05, 4.69) is 37.1 Å². The van der Waals surface area contributed by atoms with Crippen LogP contribution >= 0.6 is 0 Å². The molecule has 0 unspecified atom stereocenters. The molecule has 0 fully saturated rings. The number of halogens is 1. The van der Waals surface area contributed by atoms with Gasteiger partial charge in [0.05, 0.1) is 0 Å². The Morgan fingerprint density at radius 1 is 1.09 bits per heavy atom. The normalized spacial score (nSPS) is 10.4. The van der Waals surface area contributed by atoms with Crippen LogP contribution in [0.1, 0.15) is 0 Å². The van der Waals surface area contributed by atoms with Crippen molar-refractivity contribution in [1.82, 2.24) is 19.9 Å². The van der Waals surface area contributed by atoms with Crippen molar-refractivity contribution in [2.45, 2.75) is 0 Å². The third kappa shape index (κ3) is 2.98. The van der Waals surface area contributed by atoms with Crippen LogP contribution in [0.3, 0.4) is 0 Å². The fourth-order valence-electron chi connectivity index (χ4n) is 1.86. The lowest BCUT2D eigenvalue weighted by atomic mass is 10.3. The van der Waals surface area contributed by atoms with Crippen molar-refractivity contribution in [3.05, 3.63) is 55.1 Å². The van der Waals surface area contributed by atoms with E-state index in [4.69, 9.17) is 0 Å². The van der Waals surface area contributed by atoms with Crippen molar-refractivity contribution >= 4 is 28.6 Å². The van der Waals surface area contributed by atoms with Gasteiger partial charge in [-0.1, -0.05) is 6.08 Å². The Morgan fingerprint density at radius 2 is 1.86 bits per heavy atom. The van der Waals surface area contributed by atoms with Crippen molar-refractivity contribution in [2.24, 2.45) is 0 Å². The predicted molar refractivity (Wildman–Crippen MR) is 83.5 cm³/mol. The molecule has 110 valence electrons. The van der Waals surface area contributed by atoms with Gasteiger partial charge >= 0.3 is 0 Å². The second-order valence-corrected chi connectivity index (χ2v) is 4.43. The number of anilines is 3. The Morgan fingerprint density at radius 3 is 2.64 bits per heavy atom. The lowest BCUT2D eigenvalue weighted by Crippen LogP contribution is -2.07. The summed E-state index contributed by atoms with van der Waals surface area (Å²) in [5.41, 5.74) is 1.70. The van der Waals surface area contributed by atoms with Gasteiger partial charge in [-0.3, -0.25) is 0 Å². The Labute approximate surface area is 126 Å². The zero-order valence-electron chi connectivity index (χ0n) is 11.6. The van der Waals surface area contributed by atoms with Crippen molar-refractivity contribution < 1.29 is 4.39 Å². The van der Waals surface area contributed by atoms with Crippen molar-refractivity contribution in [2.75, 3.05) is 17.2 Å². The minimum Gasteiger partial charge on any atom is -0.351 e. The van der Waals surface area contributed by atoms with Gasteiger partial charge in [-0.25, -0.2) is 14.4 Å². The standard InChI is InChI=1S/C15H13FN6/c1-2-7-19-15-21-13-12(17-8-9-18-13)14(22-15)20-11-5-3-10(16)4-6-11/h2-6,8-9H,1,7H2,(H2,18,19,20,21,22). The SMILES string of the molecule is C=CCNc1nc(Nc2ccc(F)cc2)c2nccnc2n1. The molecule has 0 radical (unpaired) electrons. The zero-order valence-corrected chi connectivity index (χ0v) is 11.6. The number of aromatic nitrogens is 4. The molecule has 1 aromatic carbocycles. The van der Waals surface area contributed by atoms with Crippen LogP contribution in [0.25, 0.3) is 11.2 Å². The molecule has 0 amide bonds. The van der Waals surface area contributed by atoms with Gasteiger partial charge in [0.2, 0.25) is 5.95 Å². The Kier molecular flexibility index (Phi) is 3.86. The minimum absolute atomic E-state index is 0.300. The first-order valence-corrected chi connectivity index (χ1v) is 6.62. The molecule has 0 atom stereocenters. The summed E-state index contributed by atoms with van der Waals surface area (Å²) >= 11 is 0. The molecule has 22 heavy (non-hydrogen) atoms. The molecule has 0 bridgehead atoms. The molecule has 0 aliphatic carbocycles. The third-order valence-electron chi connectivity index (χ3n) is 2.84. The summed E-state index contributed by atoms with van der Waals surface area (Å²) < 4.78 is 13.0. The Balaban J connectivity index is 2.01. The smallest absolute Gasteiger partial charge is 0.227 e. The zero-order chi connectivity index (χ0) is 15.4. The van der Waals surface area contributed by atoms with Gasteiger partial charge < -0.3 is 10.6 Å². The third-order valence-corrected chi connectivity index (χ3v) is 2.84. The summed E-state index contributed by atoms with van der Waals surface area (Å²) in [6.07, 6.45) is 4.84. The molecular formula is C15H13FN6. The number of fused-ring (bicyclic) bond motifs is 1. The first-order chi connectivity index (χ1) is 10.8. The summed E-state index contributed by atoms with van der Waals surface area (Å²) in [7, 11) is 0. The molecule has 0 spiro atoms. The van der Waals surface area contributed by atoms with E-state index in [1.165, 1.54) is 12.1 Å². The molecule has 0 saturated carbocycles. The van der Waals surface area contributed by atoms with Gasteiger partial charge in [-0.05, 0) is 24.3 Å². The average molecular weight is 296 g/mol. The molecule has 3 rings (SSSR count). The summed E-state index contributed by atoms with van der Waals surface area (Å²) in [6, 6.07) is 5.98. The molecule has 2 aromatic heterocycles. The molecule has 2 heterocycles. The monoisotopic (exact) mass is 296 g/mol. The maximum absolute atomic E-state index is 13.0. The number of benzene rings is 1. The summed E-state index contributed by atoms with van der Waals surface area (Å²) in [5, 5.41) is 6.12. The van der Waals surface area contributed by atoms with E-state index in [0.29, 0.717) is 35.2 Å². The second kappa shape index (κ2) is 6.13. The first-order valence-electron chi connectivity index (χ1n) is 6.62. The van der Waals surface area contributed by atoms with E-state index in [-0.39, 0.29) is 5.82 Å². The van der Waals surface area contributed by atoms with Gasteiger partial charge in [0, 0.05) is 24.6 Å². The summed E-state index contributed by atoms with van der Waals surface area (Å²) in [4.78, 5) is 17.1. The van der Waals surface area contributed by atoms with Gasteiger partial charge in [-0.2, -0.15) is 9.97 Å². The molecule has 0 aliphatic rings. The summed E-state index contributed by atoms with van der Waals surface area (Å²) in [5.74, 6) is 0.611. The lowest BCUT2D eigenvalue weighted by Gasteiger charge is -2.10. The average Bonchev–Trinajstić information content (AvgIpc) is 2.55. The van der Waals surface area contributed by atoms with Crippen LogP contribution in [0.2, 0.25) is 0 Å². The van der Waals surface area contributed by atoms with Crippen LogP contribution in [0.5, 0.6) is 0 Å². The fraction of sp³-hybridized carbons (Fsp3) is 0.0667. The molecule has 6 nitrogen and oxygen atoms in total. The maximum atomic E-state index is 13.0. The van der Waals surface area contributed by atoms with Crippen LogP contribution in [-0.2, 0) is 0 Å². The van der Waals surface area contributed by atoms with Gasteiger partial charge in [0.25, 0.3) is 0 Å². The van der Waals surface area contributed by atoms with E-state index in [1.54, 1.807) is 30.6 Å². The highest BCUT2D eigenvalue weighted by Crippen LogP contribution is 2.22. The highest BCUT2D eigenvalue weighted by Gasteiger charge is 2.09. The first kappa shape index (κ1) is 13.9. The molecule has 2 N–H and O–H groups in total. The van der Waals surface area contributed by atoms with Crippen molar-refractivity contribution in [3.8, 4) is 0 Å². The van der Waals surface area contributed by atoms with Gasteiger partial charge in [-0.15, -0.1) is 6.58 Å². The highest BCUT2D eigenvalue weighted by molar-refractivity contribution is 5.85. The molecule has 0 saturated heterocycles. The molecule has 7 heteroatoms. The van der Waals surface area contributed by atoms with Crippen LogP contribution in [0.4, 0.5) is 21.8 Å². The fourth-order valence-corrected chi connectivity index (χ4v) is 1.86. The van der Waals surface area contributed by atoms with Crippen LogP contribution in [0.15, 0.2) is 49.3 Å². The van der Waals surface area contributed by atoms with E-state index >= 15 is 0 Å². The number of hydrogen-bond acceptors (Lipinski definition) is 6. The largest absolute Gasteiger partial charge is 0.351 e. The van der Waals surface area contributed by atoms with Crippen molar-refractivity contribution in [1.29, 1.82) is 0 Å². The maximum Gasteiger partial charge on any atom is 0.227 e. The molecule has 3 aromatic rings. The Hall–Kier alpha value is -3.09. The van der Waals surface area contributed by atoms with Gasteiger partial charge in [0.1, 0.15) is 5.82 Å². The number of nitrogens with one attached hydrogen (secondary N) is 2. The van der Waals surface area contributed by atoms with E-state index in [0.717, 1.165) is 0 Å². The number of rotatable bonds is 5. The predicted octanol–water partition coefficient (Wildman–Crippen LogP) is 2.90. The quantitative estimate of drug-likeness (QED) is 0.705. The van der Waals surface area contributed by atoms with E-state index in [1.807, 2.05) is 0 Å². The Bertz CT molecular complexity index is 803. The second-order valence-electron chi connectivity index (χ2n) is 4.43. The van der Waals surface area contributed by atoms with Crippen molar-refractivity contribution in [3.63, 3.8) is 0 Å². The minimum atomic E-state index is -0.300. The van der Waals surface area contributed by atoms with Crippen LogP contribution in [0, 0.1) is 5.82 Å². The van der Waals surface area contributed by atoms with Crippen LogP contribution < -0.4 is 10.6 Å².